The molecule has 0 aromatic carbocycles. The zero-order valence-corrected chi connectivity index (χ0v) is 11.8. The highest BCUT2D eigenvalue weighted by Crippen LogP contribution is 2.33. The number of nitrogens with zero attached hydrogens (tertiary/aromatic N) is 1. The van der Waals surface area contributed by atoms with Crippen molar-refractivity contribution in [2.24, 2.45) is 5.41 Å². The molecule has 2 saturated heterocycles. The quantitative estimate of drug-likeness (QED) is 0.819. The van der Waals surface area contributed by atoms with Crippen LogP contribution in [0.5, 0.6) is 0 Å². The minimum Gasteiger partial charge on any atom is -0.342 e. The summed E-state index contributed by atoms with van der Waals surface area (Å²) in [6.07, 6.45) is 9.53. The Labute approximate surface area is 111 Å². The average Bonchev–Trinajstić information content (AvgIpc) is 2.38. The van der Waals surface area contributed by atoms with E-state index in [0.717, 1.165) is 45.4 Å². The molecule has 0 radical (unpaired) electrons. The monoisotopic (exact) mass is 252 g/mol. The van der Waals surface area contributed by atoms with Crippen LogP contribution in [-0.2, 0) is 4.79 Å². The van der Waals surface area contributed by atoms with Crippen LogP contribution in [0.2, 0.25) is 0 Å². The fraction of sp³-hybridized carbons (Fsp3) is 0.933. The average molecular weight is 252 g/mol. The summed E-state index contributed by atoms with van der Waals surface area (Å²) in [5, 5.41) is 3.43. The molecule has 0 saturated carbocycles. The molecule has 3 heteroatoms. The molecule has 0 bridgehead atoms. The predicted molar refractivity (Wildman–Crippen MR) is 74.5 cm³/mol. The lowest BCUT2D eigenvalue weighted by atomic mass is 9.77. The highest BCUT2D eigenvalue weighted by atomic mass is 16.2. The van der Waals surface area contributed by atoms with E-state index in [-0.39, 0.29) is 5.41 Å². The van der Waals surface area contributed by atoms with Gasteiger partial charge in [-0.05, 0) is 38.6 Å². The van der Waals surface area contributed by atoms with Gasteiger partial charge >= 0.3 is 0 Å². The first kappa shape index (κ1) is 13.9. The summed E-state index contributed by atoms with van der Waals surface area (Å²) in [5.41, 5.74) is -0.0998. The summed E-state index contributed by atoms with van der Waals surface area (Å²) in [6, 6.07) is 0. The van der Waals surface area contributed by atoms with Gasteiger partial charge in [0.05, 0.1) is 5.41 Å². The first-order chi connectivity index (χ1) is 8.78. The second-order valence-corrected chi connectivity index (χ2v) is 5.97. The Balaban J connectivity index is 2.02. The molecule has 1 N–H and O–H groups in total. The molecule has 1 atom stereocenters. The summed E-state index contributed by atoms with van der Waals surface area (Å²) in [5.74, 6) is 0.430. The van der Waals surface area contributed by atoms with Crippen molar-refractivity contribution in [3.8, 4) is 0 Å². The van der Waals surface area contributed by atoms with Crippen molar-refractivity contribution < 1.29 is 4.79 Å². The third-order valence-electron chi connectivity index (χ3n) is 4.75. The SMILES string of the molecule is CCC1(C(=O)N2CCCCCCC2)CCCNC1. The molecule has 0 aromatic rings. The number of carbonyl (C=O) groups is 1. The van der Waals surface area contributed by atoms with Crippen LogP contribution in [0.15, 0.2) is 0 Å². The number of carbonyl (C=O) groups excluding carboxylic acids is 1. The maximum atomic E-state index is 12.9. The molecule has 1 unspecified atom stereocenters. The van der Waals surface area contributed by atoms with Crippen LogP contribution in [0.3, 0.4) is 0 Å². The van der Waals surface area contributed by atoms with Gasteiger partial charge in [-0.2, -0.15) is 0 Å². The van der Waals surface area contributed by atoms with Gasteiger partial charge in [-0.15, -0.1) is 0 Å². The molecule has 3 nitrogen and oxygen atoms in total. The fourth-order valence-corrected chi connectivity index (χ4v) is 3.39. The Bertz CT molecular complexity index is 264. The highest BCUT2D eigenvalue weighted by Gasteiger charge is 2.40. The largest absolute Gasteiger partial charge is 0.342 e. The van der Waals surface area contributed by atoms with Gasteiger partial charge in [0.25, 0.3) is 0 Å². The van der Waals surface area contributed by atoms with Crippen molar-refractivity contribution in [3.05, 3.63) is 0 Å². The normalized spacial score (nSPS) is 30.6. The van der Waals surface area contributed by atoms with Crippen LogP contribution >= 0.6 is 0 Å². The lowest BCUT2D eigenvalue weighted by Gasteiger charge is -2.40. The van der Waals surface area contributed by atoms with Gasteiger partial charge in [0.15, 0.2) is 0 Å². The Morgan fingerprint density at radius 3 is 2.33 bits per heavy atom. The molecule has 18 heavy (non-hydrogen) atoms. The van der Waals surface area contributed by atoms with Crippen molar-refractivity contribution in [3.63, 3.8) is 0 Å². The van der Waals surface area contributed by atoms with Gasteiger partial charge in [-0.1, -0.05) is 26.2 Å². The second-order valence-electron chi connectivity index (χ2n) is 5.97. The molecule has 2 fully saturated rings. The third-order valence-corrected chi connectivity index (χ3v) is 4.75. The van der Waals surface area contributed by atoms with Crippen LogP contribution < -0.4 is 5.32 Å². The summed E-state index contributed by atoms with van der Waals surface area (Å²) < 4.78 is 0. The zero-order valence-electron chi connectivity index (χ0n) is 11.8. The Hall–Kier alpha value is -0.570. The van der Waals surface area contributed by atoms with E-state index < -0.39 is 0 Å². The number of hydrogen-bond donors (Lipinski definition) is 1. The van der Waals surface area contributed by atoms with Crippen molar-refractivity contribution in [2.45, 2.75) is 58.3 Å². The Kier molecular flexibility index (Phi) is 5.04. The number of amides is 1. The van der Waals surface area contributed by atoms with E-state index in [0.29, 0.717) is 5.91 Å². The molecule has 2 rings (SSSR count). The number of piperidine rings is 1. The minimum atomic E-state index is -0.0998. The maximum Gasteiger partial charge on any atom is 0.230 e. The van der Waals surface area contributed by atoms with Crippen LogP contribution in [0, 0.1) is 5.41 Å². The number of rotatable bonds is 2. The smallest absolute Gasteiger partial charge is 0.230 e. The lowest BCUT2D eigenvalue weighted by Crippen LogP contribution is -2.52. The van der Waals surface area contributed by atoms with Gasteiger partial charge in [-0.25, -0.2) is 0 Å². The molecular weight excluding hydrogens is 224 g/mol. The van der Waals surface area contributed by atoms with E-state index in [1.165, 1.54) is 32.1 Å². The van der Waals surface area contributed by atoms with Crippen LogP contribution in [0.1, 0.15) is 58.3 Å². The van der Waals surface area contributed by atoms with E-state index in [1.807, 2.05) is 0 Å². The van der Waals surface area contributed by atoms with Gasteiger partial charge in [-0.3, -0.25) is 4.79 Å². The lowest BCUT2D eigenvalue weighted by molar-refractivity contribution is -0.144. The summed E-state index contributed by atoms with van der Waals surface area (Å²) in [6.45, 7) is 6.12. The van der Waals surface area contributed by atoms with Crippen LogP contribution in [0.4, 0.5) is 0 Å². The predicted octanol–water partition coefficient (Wildman–Crippen LogP) is 2.56. The second kappa shape index (κ2) is 6.55. The molecule has 0 aliphatic carbocycles. The number of hydrogen-bond acceptors (Lipinski definition) is 2. The van der Waals surface area contributed by atoms with Crippen LogP contribution in [-0.4, -0.2) is 37.0 Å². The molecular formula is C15H28N2O. The van der Waals surface area contributed by atoms with Crippen molar-refractivity contribution in [2.75, 3.05) is 26.2 Å². The molecule has 1 amide bonds. The standard InChI is InChI=1S/C15H28N2O/c1-2-15(9-8-10-16-13-15)14(18)17-11-6-4-3-5-7-12-17/h16H,2-13H2,1H3. The van der Waals surface area contributed by atoms with Gasteiger partial charge in [0.2, 0.25) is 5.91 Å². The van der Waals surface area contributed by atoms with Gasteiger partial charge in [0, 0.05) is 19.6 Å². The molecule has 2 heterocycles. The fourth-order valence-electron chi connectivity index (χ4n) is 3.39. The molecule has 0 spiro atoms. The third kappa shape index (κ3) is 3.05. The van der Waals surface area contributed by atoms with E-state index in [9.17, 15) is 4.79 Å². The number of nitrogens with one attached hydrogen (secondary N) is 1. The summed E-state index contributed by atoms with van der Waals surface area (Å²) >= 11 is 0. The molecule has 2 aliphatic rings. The molecule has 0 aromatic heterocycles. The van der Waals surface area contributed by atoms with E-state index >= 15 is 0 Å². The Morgan fingerprint density at radius 2 is 1.78 bits per heavy atom. The van der Waals surface area contributed by atoms with Crippen LogP contribution in [0.25, 0.3) is 0 Å². The number of likely N-dealkylation sites (tertiary alicyclic amines) is 1. The first-order valence-corrected chi connectivity index (χ1v) is 7.79. The molecule has 104 valence electrons. The zero-order chi connectivity index (χ0) is 12.8. The maximum absolute atomic E-state index is 12.9. The van der Waals surface area contributed by atoms with Gasteiger partial charge < -0.3 is 10.2 Å². The minimum absolute atomic E-state index is 0.0998. The highest BCUT2D eigenvalue weighted by molar-refractivity contribution is 5.83. The van der Waals surface area contributed by atoms with Gasteiger partial charge in [0.1, 0.15) is 0 Å². The first-order valence-electron chi connectivity index (χ1n) is 7.79. The van der Waals surface area contributed by atoms with E-state index in [2.05, 4.69) is 17.1 Å². The van der Waals surface area contributed by atoms with E-state index in [1.54, 1.807) is 0 Å². The van der Waals surface area contributed by atoms with Crippen molar-refractivity contribution in [1.82, 2.24) is 10.2 Å². The van der Waals surface area contributed by atoms with Crippen molar-refractivity contribution in [1.29, 1.82) is 0 Å². The Morgan fingerprint density at radius 1 is 1.11 bits per heavy atom. The summed E-state index contributed by atoms with van der Waals surface area (Å²) in [7, 11) is 0. The molecule has 2 aliphatic heterocycles. The summed E-state index contributed by atoms with van der Waals surface area (Å²) in [4.78, 5) is 15.0. The topological polar surface area (TPSA) is 32.3 Å². The van der Waals surface area contributed by atoms with E-state index in [4.69, 9.17) is 0 Å². The van der Waals surface area contributed by atoms with Crippen molar-refractivity contribution >= 4 is 5.91 Å².